The second kappa shape index (κ2) is 8.16. The molecule has 2 heterocycles. The van der Waals surface area contributed by atoms with E-state index in [2.05, 4.69) is 10.1 Å². The van der Waals surface area contributed by atoms with Crippen molar-refractivity contribution in [1.29, 1.82) is 5.26 Å². The molecular weight excluding hydrogens is 423 g/mol. The third-order valence-corrected chi connectivity index (χ3v) is 5.52. The first kappa shape index (κ1) is 21.6. The van der Waals surface area contributed by atoms with Gasteiger partial charge in [0.25, 0.3) is 5.91 Å². The fourth-order valence-corrected chi connectivity index (χ4v) is 4.05. The number of carbonyl (C=O) groups is 2. The van der Waals surface area contributed by atoms with Crippen LogP contribution in [-0.4, -0.2) is 26.6 Å². The second-order valence-corrected chi connectivity index (χ2v) is 7.57. The van der Waals surface area contributed by atoms with Crippen LogP contribution < -0.4 is 11.5 Å². The van der Waals surface area contributed by atoms with Crippen LogP contribution in [0.15, 0.2) is 42.5 Å². The Balaban J connectivity index is 1.99. The lowest BCUT2D eigenvalue weighted by Crippen LogP contribution is -2.21. The molecule has 0 radical (unpaired) electrons. The second-order valence-electron chi connectivity index (χ2n) is 7.57. The van der Waals surface area contributed by atoms with E-state index in [4.69, 9.17) is 11.5 Å². The lowest BCUT2D eigenvalue weighted by Gasteiger charge is -2.15. The first-order valence-electron chi connectivity index (χ1n) is 9.98. The molecule has 4 N–H and O–H groups in total. The largest absolute Gasteiger partial charge is 0.366 e. The SMILES string of the molecule is Cc1nn(Cc2ccc(F)cc2C#N)c(C)c1-c1c(C(N)=O)nc2ccccc2c1C(N)=O. The molecule has 0 unspecified atom stereocenters. The molecule has 0 aliphatic carbocycles. The van der Waals surface area contributed by atoms with Gasteiger partial charge >= 0.3 is 0 Å². The van der Waals surface area contributed by atoms with Crippen molar-refractivity contribution >= 4 is 22.7 Å². The Morgan fingerprint density at radius 2 is 1.82 bits per heavy atom. The van der Waals surface area contributed by atoms with Gasteiger partial charge in [0.2, 0.25) is 5.91 Å². The molecule has 0 bridgehead atoms. The molecule has 0 saturated carbocycles. The molecule has 2 aromatic carbocycles. The first-order valence-corrected chi connectivity index (χ1v) is 9.98. The Hall–Kier alpha value is -4.58. The number of fused-ring (bicyclic) bond motifs is 1. The summed E-state index contributed by atoms with van der Waals surface area (Å²) in [5.74, 6) is -2.05. The number of nitrogens with two attached hydrogens (primary N) is 2. The van der Waals surface area contributed by atoms with E-state index >= 15 is 0 Å². The van der Waals surface area contributed by atoms with Crippen molar-refractivity contribution < 1.29 is 14.0 Å². The average Bonchev–Trinajstić information content (AvgIpc) is 3.05. The van der Waals surface area contributed by atoms with Crippen molar-refractivity contribution in [1.82, 2.24) is 14.8 Å². The zero-order valence-corrected chi connectivity index (χ0v) is 17.9. The molecular formula is C24H19FN6O2. The summed E-state index contributed by atoms with van der Waals surface area (Å²) in [5, 5.41) is 14.4. The van der Waals surface area contributed by atoms with E-state index in [0.717, 1.165) is 6.07 Å². The number of halogens is 1. The van der Waals surface area contributed by atoms with Gasteiger partial charge in [0.1, 0.15) is 11.5 Å². The van der Waals surface area contributed by atoms with E-state index in [9.17, 15) is 19.2 Å². The molecule has 0 saturated heterocycles. The fraction of sp³-hybridized carbons (Fsp3) is 0.125. The third-order valence-electron chi connectivity index (χ3n) is 5.52. The number of carbonyl (C=O) groups excluding carboxylic acids is 2. The third kappa shape index (κ3) is 3.68. The van der Waals surface area contributed by atoms with E-state index < -0.39 is 17.6 Å². The van der Waals surface area contributed by atoms with Crippen LogP contribution in [0, 0.1) is 31.0 Å². The van der Waals surface area contributed by atoms with Gasteiger partial charge in [-0.3, -0.25) is 14.3 Å². The number of nitriles is 1. The molecule has 0 spiro atoms. The van der Waals surface area contributed by atoms with Crippen molar-refractivity contribution in [2.45, 2.75) is 20.4 Å². The topological polar surface area (TPSA) is 141 Å². The summed E-state index contributed by atoms with van der Waals surface area (Å²) in [6.45, 7) is 3.66. The monoisotopic (exact) mass is 442 g/mol. The fourth-order valence-electron chi connectivity index (χ4n) is 4.05. The predicted octanol–water partition coefficient (Wildman–Crippen LogP) is 2.97. The number of primary amides is 2. The van der Waals surface area contributed by atoms with E-state index in [1.807, 2.05) is 6.07 Å². The maximum Gasteiger partial charge on any atom is 0.267 e. The number of amides is 2. The summed E-state index contributed by atoms with van der Waals surface area (Å²) in [4.78, 5) is 29.3. The number of nitrogens with zero attached hydrogens (tertiary/aromatic N) is 4. The van der Waals surface area contributed by atoms with Crippen molar-refractivity contribution in [2.75, 3.05) is 0 Å². The summed E-state index contributed by atoms with van der Waals surface area (Å²) in [6.07, 6.45) is 0. The van der Waals surface area contributed by atoms with Crippen LogP contribution in [0.2, 0.25) is 0 Å². The maximum absolute atomic E-state index is 13.5. The van der Waals surface area contributed by atoms with Crippen LogP contribution in [0.5, 0.6) is 0 Å². The van der Waals surface area contributed by atoms with Gasteiger partial charge in [-0.1, -0.05) is 24.3 Å². The number of benzene rings is 2. The number of aryl methyl sites for hydroxylation is 1. The van der Waals surface area contributed by atoms with Gasteiger partial charge in [-0.2, -0.15) is 10.4 Å². The van der Waals surface area contributed by atoms with Crippen LogP contribution in [-0.2, 0) is 6.54 Å². The standard InChI is InChI=1S/C24H19FN6O2/c1-12-19(13(2)31(30-12)11-14-7-8-16(25)9-15(14)10-26)21-20(23(27)32)17-5-3-4-6-18(17)29-22(21)24(28)33/h3-9H,11H2,1-2H3,(H2,27,32)(H2,28,33). The van der Waals surface area contributed by atoms with Crippen LogP contribution in [0.4, 0.5) is 4.39 Å². The number of aromatic nitrogens is 3. The predicted molar refractivity (Wildman–Crippen MR) is 120 cm³/mol. The molecule has 2 aromatic heterocycles. The molecule has 0 fully saturated rings. The zero-order chi connectivity index (χ0) is 23.9. The average molecular weight is 442 g/mol. The van der Waals surface area contributed by atoms with E-state index in [0.29, 0.717) is 33.4 Å². The molecule has 8 nitrogen and oxygen atoms in total. The Bertz CT molecular complexity index is 1500. The molecule has 4 aromatic rings. The quantitative estimate of drug-likeness (QED) is 0.489. The Morgan fingerprint density at radius 1 is 1.09 bits per heavy atom. The van der Waals surface area contributed by atoms with Crippen molar-refractivity contribution in [3.63, 3.8) is 0 Å². The Kier molecular flexibility index (Phi) is 5.35. The summed E-state index contributed by atoms with van der Waals surface area (Å²) in [6, 6.07) is 12.8. The molecule has 0 atom stereocenters. The van der Waals surface area contributed by atoms with Crippen molar-refractivity contribution in [3.05, 3.63) is 82.1 Å². The molecule has 0 aliphatic heterocycles. The summed E-state index contributed by atoms with van der Waals surface area (Å²) < 4.78 is 15.2. The van der Waals surface area contributed by atoms with Crippen molar-refractivity contribution in [3.8, 4) is 17.2 Å². The molecule has 4 rings (SSSR count). The van der Waals surface area contributed by atoms with Gasteiger partial charge in [-0.15, -0.1) is 0 Å². The van der Waals surface area contributed by atoms with Gasteiger partial charge in [0.15, 0.2) is 0 Å². The number of rotatable bonds is 5. The zero-order valence-electron chi connectivity index (χ0n) is 17.9. The maximum atomic E-state index is 13.5. The summed E-state index contributed by atoms with van der Waals surface area (Å²) in [5.41, 5.74) is 14.4. The van der Waals surface area contributed by atoms with Gasteiger partial charge in [-0.25, -0.2) is 9.37 Å². The van der Waals surface area contributed by atoms with Gasteiger partial charge in [0.05, 0.1) is 35.0 Å². The van der Waals surface area contributed by atoms with Crippen LogP contribution in [0.1, 0.15) is 43.4 Å². The Morgan fingerprint density at radius 3 is 2.48 bits per heavy atom. The lowest BCUT2D eigenvalue weighted by molar-refractivity contribution is 0.0996. The summed E-state index contributed by atoms with van der Waals surface area (Å²) >= 11 is 0. The van der Waals surface area contributed by atoms with Crippen LogP contribution >= 0.6 is 0 Å². The molecule has 2 amide bonds. The van der Waals surface area contributed by atoms with Crippen LogP contribution in [0.25, 0.3) is 22.0 Å². The van der Waals surface area contributed by atoms with E-state index in [-0.39, 0.29) is 28.9 Å². The van der Waals surface area contributed by atoms with Gasteiger partial charge < -0.3 is 11.5 Å². The van der Waals surface area contributed by atoms with Gasteiger partial charge in [0, 0.05) is 22.2 Å². The minimum atomic E-state index is -0.810. The first-order chi connectivity index (χ1) is 15.7. The van der Waals surface area contributed by atoms with Crippen molar-refractivity contribution in [2.24, 2.45) is 11.5 Å². The minimum Gasteiger partial charge on any atom is -0.366 e. The number of pyridine rings is 1. The van der Waals surface area contributed by atoms with E-state index in [1.54, 1.807) is 42.8 Å². The smallest absolute Gasteiger partial charge is 0.267 e. The highest BCUT2D eigenvalue weighted by Gasteiger charge is 2.27. The highest BCUT2D eigenvalue weighted by Crippen LogP contribution is 2.36. The number of hydrogen-bond acceptors (Lipinski definition) is 5. The Labute approximate surface area is 188 Å². The molecule has 0 aliphatic rings. The summed E-state index contributed by atoms with van der Waals surface area (Å²) in [7, 11) is 0. The molecule has 9 heteroatoms. The number of para-hydroxylation sites is 1. The normalized spacial score (nSPS) is 10.8. The van der Waals surface area contributed by atoms with Gasteiger partial charge in [-0.05, 0) is 37.6 Å². The lowest BCUT2D eigenvalue weighted by atomic mass is 9.92. The highest BCUT2D eigenvalue weighted by molar-refractivity contribution is 6.15. The highest BCUT2D eigenvalue weighted by atomic mass is 19.1. The van der Waals surface area contributed by atoms with E-state index in [1.165, 1.54) is 12.1 Å². The number of hydrogen-bond donors (Lipinski definition) is 2. The molecule has 33 heavy (non-hydrogen) atoms. The minimum absolute atomic E-state index is 0.0900. The van der Waals surface area contributed by atoms with Crippen LogP contribution in [0.3, 0.4) is 0 Å². The molecule has 164 valence electrons.